The second kappa shape index (κ2) is 5.98. The zero-order valence-corrected chi connectivity index (χ0v) is 9.85. The monoisotopic (exact) mass is 298 g/mol. The van der Waals surface area contributed by atoms with Gasteiger partial charge in [-0.1, -0.05) is 15.9 Å². The zero-order chi connectivity index (χ0) is 12.0. The van der Waals surface area contributed by atoms with E-state index in [2.05, 4.69) is 20.7 Å². The molecule has 0 bridgehead atoms. The van der Waals surface area contributed by atoms with Gasteiger partial charge in [0.15, 0.2) is 0 Å². The molecule has 0 amide bonds. The maximum absolute atomic E-state index is 11.8. The summed E-state index contributed by atoms with van der Waals surface area (Å²) in [5, 5.41) is 0.822. The first-order valence-electron chi connectivity index (χ1n) is 4.56. The first-order chi connectivity index (χ1) is 7.51. The molecule has 1 aromatic rings. The van der Waals surface area contributed by atoms with Crippen LogP contribution in [0.5, 0.6) is 11.5 Å². The maximum atomic E-state index is 11.8. The van der Waals surface area contributed by atoms with Crippen molar-refractivity contribution >= 4 is 15.9 Å². The molecular weight excluding hydrogens is 289 g/mol. The molecule has 2 nitrogen and oxygen atoms in total. The van der Waals surface area contributed by atoms with E-state index in [0.29, 0.717) is 12.4 Å². The Morgan fingerprint density at radius 2 is 1.62 bits per heavy atom. The van der Waals surface area contributed by atoms with E-state index in [0.717, 1.165) is 11.8 Å². The summed E-state index contributed by atoms with van der Waals surface area (Å²) in [5.74, 6) is 0.274. The first kappa shape index (κ1) is 13.2. The normalized spacial score (nSPS) is 11.2. The van der Waals surface area contributed by atoms with E-state index < -0.39 is 6.36 Å². The molecular formula is C10H10BrF3O2. The minimum Gasteiger partial charge on any atom is -0.494 e. The van der Waals surface area contributed by atoms with Gasteiger partial charge in [0, 0.05) is 5.33 Å². The minimum absolute atomic E-state index is 0.250. The largest absolute Gasteiger partial charge is 0.573 e. The summed E-state index contributed by atoms with van der Waals surface area (Å²) in [6.45, 7) is 0.519. The van der Waals surface area contributed by atoms with Gasteiger partial charge in [0.05, 0.1) is 6.61 Å². The molecule has 0 saturated heterocycles. The summed E-state index contributed by atoms with van der Waals surface area (Å²) in [7, 11) is 0. The smallest absolute Gasteiger partial charge is 0.494 e. The van der Waals surface area contributed by atoms with Crippen molar-refractivity contribution in [3.63, 3.8) is 0 Å². The summed E-state index contributed by atoms with van der Waals surface area (Å²) in [6.07, 6.45) is -3.82. The molecule has 0 unspecified atom stereocenters. The van der Waals surface area contributed by atoms with E-state index in [4.69, 9.17) is 4.74 Å². The fourth-order valence-electron chi connectivity index (χ4n) is 0.982. The van der Waals surface area contributed by atoms with Crippen LogP contribution in [0.25, 0.3) is 0 Å². The van der Waals surface area contributed by atoms with Crippen molar-refractivity contribution in [3.8, 4) is 11.5 Å². The van der Waals surface area contributed by atoms with Crippen molar-refractivity contribution in [2.24, 2.45) is 0 Å². The third kappa shape index (κ3) is 5.25. The second-order valence-corrected chi connectivity index (χ2v) is 3.70. The van der Waals surface area contributed by atoms with Gasteiger partial charge in [-0.25, -0.2) is 0 Å². The lowest BCUT2D eigenvalue weighted by Gasteiger charge is -2.09. The molecule has 6 heteroatoms. The Morgan fingerprint density at radius 1 is 1.06 bits per heavy atom. The fraction of sp³-hybridized carbons (Fsp3) is 0.400. The van der Waals surface area contributed by atoms with Crippen LogP contribution in [0.1, 0.15) is 6.42 Å². The highest BCUT2D eigenvalue weighted by Crippen LogP contribution is 2.24. The predicted octanol–water partition coefficient (Wildman–Crippen LogP) is 3.75. The molecule has 0 aliphatic rings. The van der Waals surface area contributed by atoms with Gasteiger partial charge in [-0.05, 0) is 30.7 Å². The predicted molar refractivity (Wildman–Crippen MR) is 57.0 cm³/mol. The molecule has 1 rings (SSSR count). The number of halogens is 4. The lowest BCUT2D eigenvalue weighted by atomic mass is 10.3. The Balaban J connectivity index is 2.48. The molecule has 0 fully saturated rings. The van der Waals surface area contributed by atoms with Crippen molar-refractivity contribution in [1.82, 2.24) is 0 Å². The summed E-state index contributed by atoms with van der Waals surface area (Å²) in [4.78, 5) is 0. The Hall–Kier alpha value is -0.910. The molecule has 0 heterocycles. The summed E-state index contributed by atoms with van der Waals surface area (Å²) in [6, 6.07) is 5.32. The summed E-state index contributed by atoms with van der Waals surface area (Å²) in [5.41, 5.74) is 0. The van der Waals surface area contributed by atoms with E-state index in [1.165, 1.54) is 24.3 Å². The van der Waals surface area contributed by atoms with Gasteiger partial charge in [-0.15, -0.1) is 13.2 Å². The minimum atomic E-state index is -4.65. The molecule has 0 aliphatic heterocycles. The molecule has 0 atom stereocenters. The van der Waals surface area contributed by atoms with Crippen molar-refractivity contribution in [1.29, 1.82) is 0 Å². The van der Waals surface area contributed by atoms with Gasteiger partial charge < -0.3 is 9.47 Å². The average molecular weight is 299 g/mol. The number of rotatable bonds is 5. The van der Waals surface area contributed by atoms with Crippen LogP contribution in [0.2, 0.25) is 0 Å². The van der Waals surface area contributed by atoms with Gasteiger partial charge >= 0.3 is 6.36 Å². The average Bonchev–Trinajstić information content (AvgIpc) is 2.19. The van der Waals surface area contributed by atoms with Crippen LogP contribution in [0.15, 0.2) is 24.3 Å². The molecule has 0 aromatic heterocycles. The first-order valence-corrected chi connectivity index (χ1v) is 5.68. The Kier molecular flexibility index (Phi) is 4.92. The van der Waals surface area contributed by atoms with Gasteiger partial charge in [-0.2, -0.15) is 0 Å². The number of hydrogen-bond donors (Lipinski definition) is 0. The number of hydrogen-bond acceptors (Lipinski definition) is 2. The highest BCUT2D eigenvalue weighted by Gasteiger charge is 2.30. The van der Waals surface area contributed by atoms with E-state index in [-0.39, 0.29) is 5.75 Å². The molecule has 90 valence electrons. The topological polar surface area (TPSA) is 18.5 Å². The number of ether oxygens (including phenoxy) is 2. The van der Waals surface area contributed by atoms with Crippen molar-refractivity contribution < 1.29 is 22.6 Å². The Bertz CT molecular complexity index is 311. The highest BCUT2D eigenvalue weighted by atomic mass is 79.9. The molecule has 0 spiro atoms. The van der Waals surface area contributed by atoms with Crippen LogP contribution >= 0.6 is 15.9 Å². The van der Waals surface area contributed by atoms with E-state index in [1.54, 1.807) is 0 Å². The SMILES string of the molecule is FC(F)(F)Oc1ccc(OCCCBr)cc1. The van der Waals surface area contributed by atoms with Gasteiger partial charge in [0.2, 0.25) is 0 Å². The third-order valence-electron chi connectivity index (χ3n) is 1.60. The van der Waals surface area contributed by atoms with Crippen LogP contribution in [-0.4, -0.2) is 18.3 Å². The van der Waals surface area contributed by atoms with Crippen LogP contribution in [0, 0.1) is 0 Å². The Morgan fingerprint density at radius 3 is 2.12 bits per heavy atom. The maximum Gasteiger partial charge on any atom is 0.573 e. The molecule has 1 aromatic carbocycles. The molecule has 0 saturated carbocycles. The fourth-order valence-corrected chi connectivity index (χ4v) is 1.21. The quantitative estimate of drug-likeness (QED) is 0.609. The lowest BCUT2D eigenvalue weighted by molar-refractivity contribution is -0.274. The zero-order valence-electron chi connectivity index (χ0n) is 8.26. The molecule has 16 heavy (non-hydrogen) atoms. The van der Waals surface area contributed by atoms with Crippen molar-refractivity contribution in [3.05, 3.63) is 24.3 Å². The number of alkyl halides is 4. The molecule has 0 radical (unpaired) electrons. The standard InChI is InChI=1S/C10H10BrF3O2/c11-6-1-7-15-8-2-4-9(5-3-8)16-10(12,13)14/h2-5H,1,6-7H2. The summed E-state index contributed by atoms with van der Waals surface area (Å²) >= 11 is 3.24. The van der Waals surface area contributed by atoms with E-state index in [1.807, 2.05) is 0 Å². The summed E-state index contributed by atoms with van der Waals surface area (Å²) < 4.78 is 44.5. The number of benzene rings is 1. The molecule has 0 aliphatic carbocycles. The van der Waals surface area contributed by atoms with E-state index in [9.17, 15) is 13.2 Å². The van der Waals surface area contributed by atoms with Crippen molar-refractivity contribution in [2.45, 2.75) is 12.8 Å². The van der Waals surface area contributed by atoms with Gasteiger partial charge in [0.1, 0.15) is 11.5 Å². The highest BCUT2D eigenvalue weighted by molar-refractivity contribution is 9.09. The Labute approximate surface area is 99.5 Å². The lowest BCUT2D eigenvalue weighted by Crippen LogP contribution is -2.16. The second-order valence-electron chi connectivity index (χ2n) is 2.91. The third-order valence-corrected chi connectivity index (χ3v) is 2.16. The van der Waals surface area contributed by atoms with Crippen LogP contribution < -0.4 is 9.47 Å². The van der Waals surface area contributed by atoms with Crippen LogP contribution in [0.3, 0.4) is 0 Å². The van der Waals surface area contributed by atoms with Gasteiger partial charge in [0.25, 0.3) is 0 Å². The van der Waals surface area contributed by atoms with Crippen LogP contribution in [-0.2, 0) is 0 Å². The van der Waals surface area contributed by atoms with E-state index >= 15 is 0 Å². The molecule has 0 N–H and O–H groups in total. The van der Waals surface area contributed by atoms with Gasteiger partial charge in [-0.3, -0.25) is 0 Å². The van der Waals surface area contributed by atoms with Crippen LogP contribution in [0.4, 0.5) is 13.2 Å². The van der Waals surface area contributed by atoms with Crippen molar-refractivity contribution in [2.75, 3.05) is 11.9 Å².